The number of fused-ring (bicyclic) bond motifs is 1. The van der Waals surface area contributed by atoms with Crippen molar-refractivity contribution in [2.45, 2.75) is 32.7 Å². The summed E-state index contributed by atoms with van der Waals surface area (Å²) in [7, 11) is 1.56. The van der Waals surface area contributed by atoms with Gasteiger partial charge in [0.1, 0.15) is 23.3 Å². The summed E-state index contributed by atoms with van der Waals surface area (Å²) < 4.78 is 21.9. The van der Waals surface area contributed by atoms with E-state index in [1.54, 1.807) is 24.7 Å². The topological polar surface area (TPSA) is 83.0 Å². The Labute approximate surface area is 265 Å². The van der Waals surface area contributed by atoms with Crippen LogP contribution < -0.4 is 19.6 Å². The van der Waals surface area contributed by atoms with Gasteiger partial charge < -0.3 is 13.9 Å². The zero-order valence-electron chi connectivity index (χ0n) is 22.4. The molecule has 11 heteroatoms. The summed E-state index contributed by atoms with van der Waals surface area (Å²) in [4.78, 5) is 32.8. The normalized spacial score (nSPS) is 15.1. The van der Waals surface area contributed by atoms with Crippen LogP contribution in [-0.4, -0.2) is 24.3 Å². The molecule has 5 rings (SSSR count). The maximum absolute atomic E-state index is 14.1. The van der Waals surface area contributed by atoms with Crippen molar-refractivity contribution in [3.05, 3.63) is 104 Å². The van der Waals surface area contributed by atoms with Crippen molar-refractivity contribution in [2.24, 2.45) is 4.99 Å². The lowest BCUT2D eigenvalue weighted by atomic mass is 9.93. The lowest BCUT2D eigenvalue weighted by Crippen LogP contribution is -2.40. The number of carbonyl (C=O) groups is 1. The maximum Gasteiger partial charge on any atom is 0.338 e. The molecule has 2 aromatic carbocycles. The van der Waals surface area contributed by atoms with Crippen molar-refractivity contribution < 1.29 is 18.7 Å². The summed E-state index contributed by atoms with van der Waals surface area (Å²) in [6.07, 6.45) is 3.02. The van der Waals surface area contributed by atoms with E-state index in [0.29, 0.717) is 49.9 Å². The molecule has 2 aromatic heterocycles. The van der Waals surface area contributed by atoms with E-state index >= 15 is 0 Å². The first-order valence-electron chi connectivity index (χ1n) is 12.9. The van der Waals surface area contributed by atoms with Gasteiger partial charge in [0, 0.05) is 30.6 Å². The monoisotopic (exact) mass is 762 g/mol. The molecule has 41 heavy (non-hydrogen) atoms. The highest BCUT2D eigenvalue weighted by molar-refractivity contribution is 9.11. The minimum Gasteiger partial charge on any atom is -0.496 e. The van der Waals surface area contributed by atoms with Crippen LogP contribution in [0.15, 0.2) is 87.4 Å². The number of hydrogen-bond acceptors (Lipinski definition) is 7. The summed E-state index contributed by atoms with van der Waals surface area (Å²) >= 11 is 11.9. The number of furan rings is 1. The van der Waals surface area contributed by atoms with Crippen molar-refractivity contribution >= 4 is 71.2 Å². The fourth-order valence-corrected chi connectivity index (χ4v) is 6.91. The molecule has 0 amide bonds. The van der Waals surface area contributed by atoms with Crippen LogP contribution in [0.3, 0.4) is 0 Å². The molecule has 0 aliphatic carbocycles. The molecule has 0 spiro atoms. The van der Waals surface area contributed by atoms with Crippen molar-refractivity contribution in [1.29, 1.82) is 0 Å². The zero-order valence-corrected chi connectivity index (χ0v) is 27.9. The van der Waals surface area contributed by atoms with Gasteiger partial charge >= 0.3 is 5.97 Å². The standard InChI is InChI=1S/C30H25Br3N2O5S/c1-4-6-22-26(29(37)39-5-2)27(20-14-17(32)8-11-23(20)38-3)35-28(36)25(41-30(35)34-22)15-18-9-12-24(40-18)19-13-16(31)7-10-21(19)33/h7-15,27H,4-6H2,1-3H3/b25-15-/t27-/m1/s1. The minimum absolute atomic E-state index is 0.198. The highest BCUT2D eigenvalue weighted by Gasteiger charge is 2.36. The van der Waals surface area contributed by atoms with E-state index in [9.17, 15) is 9.59 Å². The highest BCUT2D eigenvalue weighted by atomic mass is 79.9. The van der Waals surface area contributed by atoms with Gasteiger partial charge in [-0.05, 0) is 61.9 Å². The van der Waals surface area contributed by atoms with Gasteiger partial charge in [-0.2, -0.15) is 0 Å². The Morgan fingerprint density at radius 1 is 1.10 bits per heavy atom. The highest BCUT2D eigenvalue weighted by Crippen LogP contribution is 2.38. The fraction of sp³-hybridized carbons (Fsp3) is 0.233. The number of thiazole rings is 1. The second kappa shape index (κ2) is 12.6. The van der Waals surface area contributed by atoms with Crippen LogP contribution in [-0.2, 0) is 9.53 Å². The van der Waals surface area contributed by atoms with Crippen molar-refractivity contribution in [1.82, 2.24) is 4.57 Å². The second-order valence-electron chi connectivity index (χ2n) is 9.13. The largest absolute Gasteiger partial charge is 0.496 e. The summed E-state index contributed by atoms with van der Waals surface area (Å²) in [5.74, 6) is 1.22. The Balaban J connectivity index is 1.72. The summed E-state index contributed by atoms with van der Waals surface area (Å²) in [5.41, 5.74) is 2.18. The van der Waals surface area contributed by atoms with Gasteiger partial charge in [-0.15, -0.1) is 0 Å². The van der Waals surface area contributed by atoms with Crippen LogP contribution in [0.2, 0.25) is 0 Å². The number of esters is 1. The van der Waals surface area contributed by atoms with Crippen LogP contribution >= 0.6 is 59.1 Å². The lowest BCUT2D eigenvalue weighted by Gasteiger charge is -2.27. The van der Waals surface area contributed by atoms with Gasteiger partial charge in [0.15, 0.2) is 4.80 Å². The number of halogens is 3. The Morgan fingerprint density at radius 3 is 2.59 bits per heavy atom. The zero-order chi connectivity index (χ0) is 29.3. The molecular weight excluding hydrogens is 740 g/mol. The van der Waals surface area contributed by atoms with E-state index in [-0.39, 0.29) is 12.2 Å². The van der Waals surface area contributed by atoms with Gasteiger partial charge in [0.25, 0.3) is 5.56 Å². The van der Waals surface area contributed by atoms with Crippen molar-refractivity contribution in [3.63, 3.8) is 0 Å². The van der Waals surface area contributed by atoms with Gasteiger partial charge in [0.2, 0.25) is 0 Å². The van der Waals surface area contributed by atoms with Crippen LogP contribution in [0.5, 0.6) is 5.75 Å². The molecule has 1 aliphatic heterocycles. The third-order valence-electron chi connectivity index (χ3n) is 6.47. The number of ether oxygens (including phenoxy) is 2. The minimum atomic E-state index is -0.786. The van der Waals surface area contributed by atoms with Crippen LogP contribution in [0.4, 0.5) is 0 Å². The number of hydrogen-bond donors (Lipinski definition) is 0. The molecular formula is C30H25Br3N2O5S. The van der Waals surface area contributed by atoms with Crippen LogP contribution in [0, 0.1) is 0 Å². The van der Waals surface area contributed by atoms with Crippen molar-refractivity contribution in [3.8, 4) is 17.1 Å². The molecule has 1 aliphatic rings. The summed E-state index contributed by atoms with van der Waals surface area (Å²) in [5, 5.41) is 0. The first-order chi connectivity index (χ1) is 19.7. The van der Waals surface area contributed by atoms with E-state index in [1.807, 2.05) is 55.5 Å². The second-order valence-corrected chi connectivity index (χ2v) is 12.8. The third kappa shape index (κ3) is 5.95. The lowest BCUT2D eigenvalue weighted by molar-refractivity contribution is -0.139. The summed E-state index contributed by atoms with van der Waals surface area (Å²) in [6, 6.07) is 14.3. The SMILES string of the molecule is CCCC1=C(C(=O)OCC)[C@@H](c2cc(Br)ccc2OC)n2c(s/c(=C\c3ccc(-c4cc(Br)ccc4Br)o3)c2=O)=N1. The third-order valence-corrected chi connectivity index (χ3v) is 9.13. The van der Waals surface area contributed by atoms with Gasteiger partial charge in [-0.3, -0.25) is 9.36 Å². The number of nitrogens with zero attached hydrogens (tertiary/aromatic N) is 2. The molecule has 0 N–H and O–H groups in total. The van der Waals surface area contributed by atoms with E-state index in [2.05, 4.69) is 47.8 Å². The van der Waals surface area contributed by atoms with Gasteiger partial charge in [0.05, 0.1) is 29.5 Å². The van der Waals surface area contributed by atoms with Crippen LogP contribution in [0.1, 0.15) is 44.1 Å². The molecule has 212 valence electrons. The Kier molecular flexibility index (Phi) is 9.18. The molecule has 7 nitrogen and oxygen atoms in total. The predicted molar refractivity (Wildman–Crippen MR) is 170 cm³/mol. The number of allylic oxidation sites excluding steroid dienone is 1. The van der Waals surface area contributed by atoms with E-state index in [1.165, 1.54) is 11.3 Å². The van der Waals surface area contributed by atoms with Gasteiger partial charge in [-0.1, -0.05) is 72.5 Å². The quantitative estimate of drug-likeness (QED) is 0.178. The molecule has 4 aromatic rings. The van der Waals surface area contributed by atoms with Crippen molar-refractivity contribution in [2.75, 3.05) is 13.7 Å². The molecule has 0 unspecified atom stereocenters. The summed E-state index contributed by atoms with van der Waals surface area (Å²) in [6.45, 7) is 3.98. The molecule has 0 radical (unpaired) electrons. The number of methoxy groups -OCH3 is 1. The number of aromatic nitrogens is 1. The molecule has 0 fully saturated rings. The van der Waals surface area contributed by atoms with Gasteiger partial charge in [-0.25, -0.2) is 9.79 Å². The average Bonchev–Trinajstić information content (AvgIpc) is 3.53. The molecule has 3 heterocycles. The molecule has 0 saturated heterocycles. The predicted octanol–water partition coefficient (Wildman–Crippen LogP) is 7.13. The van der Waals surface area contributed by atoms with E-state index < -0.39 is 12.0 Å². The smallest absolute Gasteiger partial charge is 0.338 e. The van der Waals surface area contributed by atoms with E-state index in [0.717, 1.165) is 25.4 Å². The molecule has 1 atom stereocenters. The average molecular weight is 765 g/mol. The number of carbonyl (C=O) groups excluding carboxylic acids is 1. The first-order valence-corrected chi connectivity index (χ1v) is 16.1. The van der Waals surface area contributed by atoms with Crippen LogP contribution in [0.25, 0.3) is 17.4 Å². The first kappa shape index (κ1) is 29.8. The number of benzene rings is 2. The fourth-order valence-electron chi connectivity index (χ4n) is 4.72. The Bertz CT molecular complexity index is 1850. The Morgan fingerprint density at radius 2 is 1.85 bits per heavy atom. The molecule has 0 bridgehead atoms. The molecule has 0 saturated carbocycles. The maximum atomic E-state index is 14.1. The number of rotatable bonds is 8. The Hall–Kier alpha value is -2.73. The van der Waals surface area contributed by atoms with E-state index in [4.69, 9.17) is 18.9 Å².